The summed E-state index contributed by atoms with van der Waals surface area (Å²) < 4.78 is 0. The highest BCUT2D eigenvalue weighted by atomic mass is 16.1. The Morgan fingerprint density at radius 3 is 1.92 bits per heavy atom. The van der Waals surface area contributed by atoms with E-state index in [2.05, 4.69) is 24.4 Å². The predicted octanol–water partition coefficient (Wildman–Crippen LogP) is 5.79. The third-order valence-corrected chi connectivity index (χ3v) is 4.36. The van der Waals surface area contributed by atoms with Crippen molar-refractivity contribution in [1.82, 2.24) is 0 Å². The molecule has 2 nitrogen and oxygen atoms in total. The van der Waals surface area contributed by atoms with Crippen molar-refractivity contribution in [1.29, 1.82) is 0 Å². The first-order valence-corrected chi connectivity index (χ1v) is 8.76. The molecule has 3 aromatic rings. The molecule has 1 amide bonds. The molecule has 3 rings (SSSR count). The number of hydrogen-bond acceptors (Lipinski definition) is 1. The molecule has 0 aliphatic heterocycles. The van der Waals surface area contributed by atoms with E-state index < -0.39 is 0 Å². The van der Waals surface area contributed by atoms with Crippen LogP contribution in [0.4, 0.5) is 5.69 Å². The quantitative estimate of drug-likeness (QED) is 0.472. The molecular formula is C24H23NO. The van der Waals surface area contributed by atoms with Crippen LogP contribution in [0, 0.1) is 20.8 Å². The van der Waals surface area contributed by atoms with E-state index in [4.69, 9.17) is 0 Å². The van der Waals surface area contributed by atoms with E-state index >= 15 is 0 Å². The number of nitrogens with one attached hydrogen (secondary N) is 1. The van der Waals surface area contributed by atoms with Gasteiger partial charge in [-0.25, -0.2) is 0 Å². The Morgan fingerprint density at radius 2 is 1.35 bits per heavy atom. The zero-order valence-corrected chi connectivity index (χ0v) is 15.4. The summed E-state index contributed by atoms with van der Waals surface area (Å²) in [6, 6.07) is 23.9. The summed E-state index contributed by atoms with van der Waals surface area (Å²) >= 11 is 0. The highest BCUT2D eigenvalue weighted by molar-refractivity contribution is 6.29. The highest BCUT2D eigenvalue weighted by Gasteiger charge is 2.15. The Bertz CT molecular complexity index is 917. The van der Waals surface area contributed by atoms with Crippen molar-refractivity contribution >= 4 is 23.2 Å². The van der Waals surface area contributed by atoms with Crippen LogP contribution in [0.1, 0.15) is 27.8 Å². The maximum atomic E-state index is 13.1. The van der Waals surface area contributed by atoms with Crippen molar-refractivity contribution in [3.63, 3.8) is 0 Å². The van der Waals surface area contributed by atoms with Crippen molar-refractivity contribution in [2.75, 3.05) is 5.32 Å². The van der Waals surface area contributed by atoms with Crippen molar-refractivity contribution in [3.05, 3.63) is 101 Å². The topological polar surface area (TPSA) is 29.1 Å². The lowest BCUT2D eigenvalue weighted by atomic mass is 10.0. The van der Waals surface area contributed by atoms with Crippen LogP contribution in [0.25, 0.3) is 11.6 Å². The monoisotopic (exact) mass is 341 g/mol. The molecule has 0 aliphatic carbocycles. The highest BCUT2D eigenvalue weighted by Crippen LogP contribution is 2.25. The molecule has 0 unspecified atom stereocenters. The molecule has 0 atom stereocenters. The first kappa shape index (κ1) is 17.7. The van der Waals surface area contributed by atoms with Gasteiger partial charge in [-0.2, -0.15) is 0 Å². The van der Waals surface area contributed by atoms with Crippen LogP contribution in [0.3, 0.4) is 0 Å². The van der Waals surface area contributed by atoms with E-state index in [1.54, 1.807) is 0 Å². The van der Waals surface area contributed by atoms with E-state index in [-0.39, 0.29) is 5.91 Å². The molecule has 2 heteroatoms. The van der Waals surface area contributed by atoms with E-state index in [0.29, 0.717) is 5.57 Å². The fraction of sp³-hybridized carbons (Fsp3) is 0.125. The van der Waals surface area contributed by atoms with Gasteiger partial charge in [-0.15, -0.1) is 0 Å². The average Bonchev–Trinajstić information content (AvgIpc) is 2.64. The van der Waals surface area contributed by atoms with Crippen LogP contribution in [0.2, 0.25) is 0 Å². The molecule has 26 heavy (non-hydrogen) atoms. The van der Waals surface area contributed by atoms with E-state index in [1.807, 2.05) is 80.6 Å². The van der Waals surface area contributed by atoms with Crippen LogP contribution < -0.4 is 5.32 Å². The summed E-state index contributed by atoms with van der Waals surface area (Å²) in [7, 11) is 0. The smallest absolute Gasteiger partial charge is 0.256 e. The van der Waals surface area contributed by atoms with Crippen LogP contribution in [0.5, 0.6) is 0 Å². The Hall–Kier alpha value is -3.13. The average molecular weight is 341 g/mol. The lowest BCUT2D eigenvalue weighted by Gasteiger charge is -2.15. The molecule has 0 fully saturated rings. The molecule has 130 valence electrons. The second-order valence-electron chi connectivity index (χ2n) is 6.56. The third-order valence-electron chi connectivity index (χ3n) is 4.36. The van der Waals surface area contributed by atoms with Crippen molar-refractivity contribution in [3.8, 4) is 0 Å². The largest absolute Gasteiger partial charge is 0.321 e. The maximum Gasteiger partial charge on any atom is 0.256 e. The van der Waals surface area contributed by atoms with E-state index in [1.165, 1.54) is 5.56 Å². The standard InChI is InChI=1S/C24H23NO/c1-17-14-18(2)23(19(3)15-17)25-24(26)22(21-12-8-5-9-13-21)16-20-10-6-4-7-11-20/h4-16H,1-3H3,(H,25,26). The minimum Gasteiger partial charge on any atom is -0.321 e. The van der Waals surface area contributed by atoms with Gasteiger partial charge in [0, 0.05) is 11.3 Å². The molecule has 0 radical (unpaired) electrons. The molecule has 0 bridgehead atoms. The molecule has 1 N–H and O–H groups in total. The normalized spacial score (nSPS) is 11.3. The molecule has 0 heterocycles. The number of carbonyl (C=O) groups is 1. The van der Waals surface area contributed by atoms with Gasteiger partial charge < -0.3 is 5.32 Å². The Kier molecular flexibility index (Phi) is 5.33. The number of carbonyl (C=O) groups excluding carboxylic acids is 1. The molecule has 0 saturated heterocycles. The fourth-order valence-electron chi connectivity index (χ4n) is 3.17. The summed E-state index contributed by atoms with van der Waals surface area (Å²) in [5.41, 5.74) is 6.77. The van der Waals surface area contributed by atoms with Crippen LogP contribution in [0.15, 0.2) is 72.8 Å². The van der Waals surface area contributed by atoms with E-state index in [0.717, 1.165) is 27.9 Å². The van der Waals surface area contributed by atoms with Gasteiger partial charge in [0.2, 0.25) is 0 Å². The summed E-state index contributed by atoms with van der Waals surface area (Å²) in [5.74, 6) is -0.102. The Labute approximate surface area is 155 Å². The van der Waals surface area contributed by atoms with Gasteiger partial charge >= 0.3 is 0 Å². The second kappa shape index (κ2) is 7.83. The zero-order valence-electron chi connectivity index (χ0n) is 15.4. The summed E-state index contributed by atoms with van der Waals surface area (Å²) in [6.45, 7) is 6.12. The zero-order chi connectivity index (χ0) is 18.5. The molecule has 0 saturated carbocycles. The number of aryl methyl sites for hydroxylation is 3. The van der Waals surface area contributed by atoms with Crippen LogP contribution in [-0.2, 0) is 4.79 Å². The minimum absolute atomic E-state index is 0.102. The van der Waals surface area contributed by atoms with Gasteiger partial charge in [-0.1, -0.05) is 78.4 Å². The molecule has 3 aromatic carbocycles. The maximum absolute atomic E-state index is 13.1. The number of benzene rings is 3. The molecular weight excluding hydrogens is 318 g/mol. The minimum atomic E-state index is -0.102. The van der Waals surface area contributed by atoms with Gasteiger partial charge in [0.05, 0.1) is 0 Å². The lowest BCUT2D eigenvalue weighted by molar-refractivity contribution is -0.111. The number of anilines is 1. The Morgan fingerprint density at radius 1 is 0.808 bits per heavy atom. The fourth-order valence-corrected chi connectivity index (χ4v) is 3.17. The second-order valence-corrected chi connectivity index (χ2v) is 6.56. The Balaban J connectivity index is 2.00. The van der Waals surface area contributed by atoms with Crippen LogP contribution >= 0.6 is 0 Å². The molecule has 0 aliphatic rings. The predicted molar refractivity (Wildman–Crippen MR) is 110 cm³/mol. The number of hydrogen-bond donors (Lipinski definition) is 1. The third kappa shape index (κ3) is 4.09. The summed E-state index contributed by atoms with van der Waals surface area (Å²) in [4.78, 5) is 13.1. The van der Waals surface area contributed by atoms with Gasteiger partial charge in [0.1, 0.15) is 0 Å². The summed E-state index contributed by atoms with van der Waals surface area (Å²) in [6.07, 6.45) is 1.93. The SMILES string of the molecule is Cc1cc(C)c(NC(=O)C(=Cc2ccccc2)c2ccccc2)c(C)c1. The van der Waals surface area contributed by atoms with Gasteiger partial charge in [0.15, 0.2) is 0 Å². The van der Waals surface area contributed by atoms with E-state index in [9.17, 15) is 4.79 Å². The lowest BCUT2D eigenvalue weighted by Crippen LogP contribution is -2.15. The van der Waals surface area contributed by atoms with Crippen molar-refractivity contribution < 1.29 is 4.79 Å². The number of rotatable bonds is 4. The molecule has 0 spiro atoms. The first-order valence-electron chi connectivity index (χ1n) is 8.76. The first-order chi connectivity index (χ1) is 12.5. The number of amides is 1. The van der Waals surface area contributed by atoms with Crippen LogP contribution in [-0.4, -0.2) is 5.91 Å². The molecule has 0 aromatic heterocycles. The van der Waals surface area contributed by atoms with Crippen molar-refractivity contribution in [2.24, 2.45) is 0 Å². The van der Waals surface area contributed by atoms with Gasteiger partial charge in [-0.05, 0) is 49.1 Å². The van der Waals surface area contributed by atoms with Gasteiger partial charge in [-0.3, -0.25) is 4.79 Å². The summed E-state index contributed by atoms with van der Waals surface area (Å²) in [5, 5.41) is 3.12. The van der Waals surface area contributed by atoms with Crippen molar-refractivity contribution in [2.45, 2.75) is 20.8 Å². The van der Waals surface area contributed by atoms with Gasteiger partial charge in [0.25, 0.3) is 5.91 Å².